The number of hydrogen-bond donors (Lipinski definition) is 2. The number of aromatic hydroxyl groups is 1. The van der Waals surface area contributed by atoms with E-state index in [2.05, 4.69) is 5.32 Å². The Morgan fingerprint density at radius 2 is 2.07 bits per heavy atom. The highest BCUT2D eigenvalue weighted by molar-refractivity contribution is 5.99. The summed E-state index contributed by atoms with van der Waals surface area (Å²) in [4.78, 5) is 39.3. The number of likely N-dealkylation sites (N-methyl/N-ethyl adjacent to an activating group) is 1. The summed E-state index contributed by atoms with van der Waals surface area (Å²) in [5.41, 5.74) is -1.51. The van der Waals surface area contributed by atoms with Gasteiger partial charge in [0.2, 0.25) is 5.43 Å². The minimum atomic E-state index is -0.995. The number of amides is 2. The molecule has 0 spiro atoms. The van der Waals surface area contributed by atoms with Crippen molar-refractivity contribution in [2.24, 2.45) is 0 Å². The van der Waals surface area contributed by atoms with Crippen LogP contribution in [-0.2, 0) is 11.3 Å². The third kappa shape index (κ3) is 3.22. The number of carbonyl (C=O) groups excluding carboxylic acids is 2. The third-order valence-corrected chi connectivity index (χ3v) is 5.58. The molecule has 158 valence electrons. The number of halogens is 2. The number of ether oxygens (including phenoxy) is 1. The summed E-state index contributed by atoms with van der Waals surface area (Å²) in [5.74, 6) is -3.78. The van der Waals surface area contributed by atoms with E-state index in [0.29, 0.717) is 25.7 Å². The molecule has 0 bridgehead atoms. The molecular weight excluding hydrogens is 400 g/mol. The van der Waals surface area contributed by atoms with Crippen LogP contribution in [-0.4, -0.2) is 52.7 Å². The van der Waals surface area contributed by atoms with Gasteiger partial charge in [-0.1, -0.05) is 6.07 Å². The van der Waals surface area contributed by atoms with Crippen molar-refractivity contribution in [1.82, 2.24) is 14.8 Å². The minimum Gasteiger partial charge on any atom is -0.503 e. The quantitative estimate of drug-likeness (QED) is 0.778. The second-order valence-corrected chi connectivity index (χ2v) is 7.31. The Morgan fingerprint density at radius 1 is 1.30 bits per heavy atom. The van der Waals surface area contributed by atoms with Crippen LogP contribution in [0.2, 0.25) is 0 Å². The van der Waals surface area contributed by atoms with Gasteiger partial charge in [0.05, 0.1) is 18.7 Å². The molecule has 1 fully saturated rings. The zero-order chi connectivity index (χ0) is 21.6. The molecule has 10 heteroatoms. The topological polar surface area (TPSA) is 101 Å². The van der Waals surface area contributed by atoms with E-state index in [-0.39, 0.29) is 35.4 Å². The summed E-state index contributed by atoms with van der Waals surface area (Å²) in [6.45, 7) is 0.444. The van der Waals surface area contributed by atoms with Crippen LogP contribution in [0.5, 0.6) is 5.75 Å². The predicted molar refractivity (Wildman–Crippen MR) is 100 cm³/mol. The molecule has 2 amide bonds. The molecule has 0 aliphatic carbocycles. The van der Waals surface area contributed by atoms with Crippen LogP contribution in [0.15, 0.2) is 29.2 Å². The van der Waals surface area contributed by atoms with Crippen molar-refractivity contribution in [2.75, 3.05) is 20.3 Å². The molecule has 4 rings (SSSR count). The van der Waals surface area contributed by atoms with Crippen molar-refractivity contribution in [1.29, 1.82) is 0 Å². The smallest absolute Gasteiger partial charge is 0.274 e. The third-order valence-electron chi connectivity index (χ3n) is 5.58. The molecule has 1 unspecified atom stereocenters. The van der Waals surface area contributed by atoms with Crippen LogP contribution < -0.4 is 10.7 Å². The number of aromatic nitrogens is 1. The number of benzene rings is 1. The van der Waals surface area contributed by atoms with Crippen molar-refractivity contribution in [3.63, 3.8) is 0 Å². The molecule has 2 aliphatic heterocycles. The molecule has 2 aliphatic rings. The number of nitrogens with zero attached hydrogens (tertiary/aromatic N) is 2. The zero-order valence-electron chi connectivity index (χ0n) is 16.0. The van der Waals surface area contributed by atoms with Crippen molar-refractivity contribution < 1.29 is 28.2 Å². The first-order valence-electron chi connectivity index (χ1n) is 9.34. The number of hydrogen-bond acceptors (Lipinski definition) is 5. The molecule has 2 aromatic rings. The van der Waals surface area contributed by atoms with E-state index in [9.17, 15) is 28.3 Å². The van der Waals surface area contributed by atoms with Gasteiger partial charge in [-0.2, -0.15) is 0 Å². The Labute approximate surface area is 169 Å². The van der Waals surface area contributed by atoms with Gasteiger partial charge in [-0.15, -0.1) is 0 Å². The van der Waals surface area contributed by atoms with Gasteiger partial charge in [-0.25, -0.2) is 8.78 Å². The highest BCUT2D eigenvalue weighted by atomic mass is 19.1. The van der Waals surface area contributed by atoms with E-state index >= 15 is 0 Å². The Kier molecular flexibility index (Phi) is 5.02. The summed E-state index contributed by atoms with van der Waals surface area (Å²) in [6, 6.07) is 2.35. The molecule has 0 saturated carbocycles. The van der Waals surface area contributed by atoms with Gasteiger partial charge in [-0.3, -0.25) is 14.4 Å². The van der Waals surface area contributed by atoms with Crippen LogP contribution in [0.3, 0.4) is 0 Å². The zero-order valence-corrected chi connectivity index (χ0v) is 16.0. The highest BCUT2D eigenvalue weighted by Gasteiger charge is 2.42. The number of fused-ring (bicyclic) bond motifs is 3. The van der Waals surface area contributed by atoms with Gasteiger partial charge >= 0.3 is 0 Å². The average Bonchev–Trinajstić information content (AvgIpc) is 2.73. The molecule has 30 heavy (non-hydrogen) atoms. The lowest BCUT2D eigenvalue weighted by Gasteiger charge is -2.44. The van der Waals surface area contributed by atoms with Gasteiger partial charge < -0.3 is 24.6 Å². The maximum absolute atomic E-state index is 13.8. The molecule has 2 atom stereocenters. The molecule has 2 N–H and O–H groups in total. The fourth-order valence-electron chi connectivity index (χ4n) is 3.91. The van der Waals surface area contributed by atoms with Crippen LogP contribution in [0.1, 0.15) is 38.9 Å². The SMILES string of the molecule is CN1C(=O)c2c(O)c(=O)c(C(=O)NCc3ccc(F)cc3F)cn2C2CCOC[C@H]21. The lowest BCUT2D eigenvalue weighted by molar-refractivity contribution is -0.0115. The van der Waals surface area contributed by atoms with Gasteiger partial charge in [0.15, 0.2) is 11.4 Å². The van der Waals surface area contributed by atoms with Crippen molar-refractivity contribution in [3.8, 4) is 5.75 Å². The first kappa shape index (κ1) is 20.0. The number of rotatable bonds is 3. The number of pyridine rings is 1. The maximum Gasteiger partial charge on any atom is 0.274 e. The molecule has 1 aromatic carbocycles. The van der Waals surface area contributed by atoms with Crippen LogP contribution in [0.25, 0.3) is 0 Å². The van der Waals surface area contributed by atoms with Crippen LogP contribution in [0, 0.1) is 11.6 Å². The number of nitrogens with one attached hydrogen (secondary N) is 1. The van der Waals surface area contributed by atoms with Gasteiger partial charge in [0.25, 0.3) is 11.8 Å². The summed E-state index contributed by atoms with van der Waals surface area (Å²) in [7, 11) is 1.57. The Hall–Kier alpha value is -3.27. The Balaban J connectivity index is 1.68. The largest absolute Gasteiger partial charge is 0.503 e. The molecule has 3 heterocycles. The first-order valence-corrected chi connectivity index (χ1v) is 9.34. The predicted octanol–water partition coefficient (Wildman–Crippen LogP) is 1.18. The van der Waals surface area contributed by atoms with Gasteiger partial charge in [0.1, 0.15) is 17.2 Å². The summed E-state index contributed by atoms with van der Waals surface area (Å²) >= 11 is 0. The van der Waals surface area contributed by atoms with E-state index in [0.717, 1.165) is 6.07 Å². The van der Waals surface area contributed by atoms with Gasteiger partial charge in [0, 0.05) is 38.0 Å². The van der Waals surface area contributed by atoms with Gasteiger partial charge in [-0.05, 0) is 12.5 Å². The lowest BCUT2D eigenvalue weighted by atomic mass is 9.96. The highest BCUT2D eigenvalue weighted by Crippen LogP contribution is 2.34. The van der Waals surface area contributed by atoms with E-state index in [1.165, 1.54) is 21.7 Å². The fraction of sp³-hybridized carbons (Fsp3) is 0.350. The molecule has 8 nitrogen and oxygen atoms in total. The van der Waals surface area contributed by atoms with Crippen LogP contribution >= 0.6 is 0 Å². The van der Waals surface area contributed by atoms with Crippen molar-refractivity contribution in [3.05, 3.63) is 63.1 Å². The Morgan fingerprint density at radius 3 is 2.80 bits per heavy atom. The Bertz CT molecular complexity index is 1100. The molecule has 1 saturated heterocycles. The van der Waals surface area contributed by atoms with E-state index < -0.39 is 34.6 Å². The summed E-state index contributed by atoms with van der Waals surface area (Å²) < 4.78 is 33.7. The lowest BCUT2D eigenvalue weighted by Crippen LogP contribution is -2.54. The standard InChI is InChI=1S/C20H19F2N3O5/c1-24-15-9-30-5-4-14(15)25-8-12(17(26)18(27)16(25)20(24)29)19(28)23-7-10-2-3-11(21)6-13(10)22/h2-3,6,8,14-15,27H,4-5,7,9H2,1H3,(H,23,28)/t14?,15-/m1/s1. The minimum absolute atomic E-state index is 0.0355. The molecule has 0 radical (unpaired) electrons. The van der Waals surface area contributed by atoms with E-state index in [4.69, 9.17) is 4.74 Å². The van der Waals surface area contributed by atoms with Crippen molar-refractivity contribution in [2.45, 2.75) is 25.0 Å². The number of carbonyl (C=O) groups is 2. The van der Waals surface area contributed by atoms with Crippen LogP contribution in [0.4, 0.5) is 8.78 Å². The average molecular weight is 419 g/mol. The fourth-order valence-corrected chi connectivity index (χ4v) is 3.91. The second-order valence-electron chi connectivity index (χ2n) is 7.31. The van der Waals surface area contributed by atoms with E-state index in [1.807, 2.05) is 0 Å². The maximum atomic E-state index is 13.8. The van der Waals surface area contributed by atoms with Crippen molar-refractivity contribution >= 4 is 11.8 Å². The first-order chi connectivity index (χ1) is 14.3. The summed E-state index contributed by atoms with van der Waals surface area (Å²) in [5, 5.41) is 12.8. The normalized spacial score (nSPS) is 20.5. The monoisotopic (exact) mass is 419 g/mol. The molecule has 1 aromatic heterocycles. The van der Waals surface area contributed by atoms with E-state index in [1.54, 1.807) is 7.05 Å². The molecular formula is C20H19F2N3O5. The second kappa shape index (κ2) is 7.52. The summed E-state index contributed by atoms with van der Waals surface area (Å²) in [6.07, 6.45) is 1.78.